The van der Waals surface area contributed by atoms with Crippen LogP contribution in [0, 0.1) is 0 Å². The normalized spacial score (nSPS) is 19.8. The monoisotopic (exact) mass is 250 g/mol. The lowest BCUT2D eigenvalue weighted by molar-refractivity contribution is -0.134. The Morgan fingerprint density at radius 3 is 2.50 bits per heavy atom. The number of hydrogen-bond acceptors (Lipinski definition) is 4. The molecule has 0 amide bonds. The summed E-state index contributed by atoms with van der Waals surface area (Å²) in [6.07, 6.45) is 2.29. The van der Waals surface area contributed by atoms with Gasteiger partial charge >= 0.3 is 5.97 Å². The van der Waals surface area contributed by atoms with Gasteiger partial charge in [-0.3, -0.25) is 9.69 Å². The Morgan fingerprint density at radius 1 is 1.44 bits per heavy atom. The van der Waals surface area contributed by atoms with Gasteiger partial charge in [0.1, 0.15) is 0 Å². The molecule has 1 aliphatic heterocycles. The average Bonchev–Trinajstić information content (AvgIpc) is 2.64. The molecule has 1 atom stereocenters. The van der Waals surface area contributed by atoms with E-state index in [-0.39, 0.29) is 12.6 Å². The Bertz CT molecular complexity index is 335. The Balaban J connectivity index is 2.35. The van der Waals surface area contributed by atoms with Gasteiger partial charge in [-0.25, -0.2) is 13.1 Å². The van der Waals surface area contributed by atoms with Crippen LogP contribution >= 0.6 is 0 Å². The summed E-state index contributed by atoms with van der Waals surface area (Å²) in [5.41, 5.74) is 0. The highest BCUT2D eigenvalue weighted by molar-refractivity contribution is 7.90. The van der Waals surface area contributed by atoms with E-state index in [1.807, 2.05) is 6.92 Å². The van der Waals surface area contributed by atoms with Gasteiger partial charge in [-0.05, 0) is 32.9 Å². The van der Waals surface area contributed by atoms with Gasteiger partial charge in [0.25, 0.3) is 0 Å². The first kappa shape index (κ1) is 13.4. The maximum Gasteiger partial charge on any atom is 0.320 e. The summed E-state index contributed by atoms with van der Waals surface area (Å²) in [4.78, 5) is 12.5. The number of carbonyl (C=O) groups is 1. The maximum atomic E-state index is 11.2. The van der Waals surface area contributed by atoms with E-state index in [1.54, 1.807) is 0 Å². The molecular weight excluding hydrogens is 232 g/mol. The van der Waals surface area contributed by atoms with E-state index in [4.69, 9.17) is 5.11 Å². The van der Waals surface area contributed by atoms with Crippen LogP contribution in [0.25, 0.3) is 0 Å². The van der Waals surface area contributed by atoms with Crippen LogP contribution in [0.3, 0.4) is 0 Å². The standard InChI is InChI=1S/C9H18N2O4S/c1-8(11-4-2-3-5-11)6-10-16(14,15)7-9(12)13/h8,10H,2-7H2,1H3,(H,12,13). The zero-order valence-corrected chi connectivity index (χ0v) is 10.2. The first-order valence-corrected chi connectivity index (χ1v) is 6.99. The molecule has 1 fully saturated rings. The van der Waals surface area contributed by atoms with Gasteiger partial charge in [0.05, 0.1) is 0 Å². The number of sulfonamides is 1. The summed E-state index contributed by atoms with van der Waals surface area (Å²) in [6, 6.07) is 0.117. The first-order valence-electron chi connectivity index (χ1n) is 5.34. The zero-order chi connectivity index (χ0) is 12.2. The van der Waals surface area contributed by atoms with Crippen LogP contribution < -0.4 is 4.72 Å². The molecule has 94 valence electrons. The van der Waals surface area contributed by atoms with E-state index in [0.717, 1.165) is 25.9 Å². The fourth-order valence-corrected chi connectivity index (χ4v) is 2.69. The number of hydrogen-bond donors (Lipinski definition) is 2. The smallest absolute Gasteiger partial charge is 0.320 e. The van der Waals surface area contributed by atoms with Crippen LogP contribution in [0.4, 0.5) is 0 Å². The van der Waals surface area contributed by atoms with Gasteiger partial charge in [0.2, 0.25) is 10.0 Å². The van der Waals surface area contributed by atoms with Gasteiger partial charge in [0.15, 0.2) is 5.75 Å². The molecule has 0 aromatic heterocycles. The fourth-order valence-electron chi connectivity index (χ4n) is 1.77. The van der Waals surface area contributed by atoms with Gasteiger partial charge in [-0.1, -0.05) is 0 Å². The zero-order valence-electron chi connectivity index (χ0n) is 9.35. The number of nitrogens with zero attached hydrogens (tertiary/aromatic N) is 1. The van der Waals surface area contributed by atoms with Crippen LogP contribution in [0.1, 0.15) is 19.8 Å². The molecule has 1 rings (SSSR count). The second kappa shape index (κ2) is 5.60. The summed E-state index contributed by atoms with van der Waals surface area (Å²) in [5, 5.41) is 8.40. The largest absolute Gasteiger partial charge is 0.480 e. The van der Waals surface area contributed by atoms with E-state index in [9.17, 15) is 13.2 Å². The van der Waals surface area contributed by atoms with Crippen LogP contribution in [0.2, 0.25) is 0 Å². The second-order valence-corrected chi connectivity index (χ2v) is 5.90. The molecule has 1 heterocycles. The Labute approximate surface area is 95.7 Å². The van der Waals surface area contributed by atoms with Crippen LogP contribution in [-0.2, 0) is 14.8 Å². The van der Waals surface area contributed by atoms with E-state index in [2.05, 4.69) is 9.62 Å². The first-order chi connectivity index (χ1) is 7.41. The summed E-state index contributed by atoms with van der Waals surface area (Å²) in [7, 11) is -3.68. The molecule has 0 aliphatic carbocycles. The Morgan fingerprint density at radius 2 is 2.00 bits per heavy atom. The Kier molecular flexibility index (Phi) is 4.69. The number of carboxylic acids is 1. The van der Waals surface area contributed by atoms with Crippen LogP contribution in [0.5, 0.6) is 0 Å². The molecular formula is C9H18N2O4S. The summed E-state index contributed by atoms with van der Waals surface area (Å²) in [5.74, 6) is -2.19. The molecule has 0 radical (unpaired) electrons. The fraction of sp³-hybridized carbons (Fsp3) is 0.889. The highest BCUT2D eigenvalue weighted by atomic mass is 32.2. The quantitative estimate of drug-likeness (QED) is 0.662. The maximum absolute atomic E-state index is 11.2. The summed E-state index contributed by atoms with van der Waals surface area (Å²) >= 11 is 0. The van der Waals surface area contributed by atoms with Crippen LogP contribution in [-0.4, -0.2) is 55.8 Å². The van der Waals surface area contributed by atoms with Gasteiger partial charge < -0.3 is 5.11 Å². The van der Waals surface area contributed by atoms with Crippen molar-refractivity contribution < 1.29 is 18.3 Å². The minimum Gasteiger partial charge on any atom is -0.480 e. The molecule has 16 heavy (non-hydrogen) atoms. The molecule has 2 N–H and O–H groups in total. The molecule has 0 bridgehead atoms. The van der Waals surface area contributed by atoms with Crippen molar-refractivity contribution in [2.24, 2.45) is 0 Å². The molecule has 0 saturated carbocycles. The van der Waals surface area contributed by atoms with Gasteiger partial charge in [-0.2, -0.15) is 0 Å². The third kappa shape index (κ3) is 4.46. The third-order valence-corrected chi connectivity index (χ3v) is 3.91. The SMILES string of the molecule is CC(CNS(=O)(=O)CC(=O)O)N1CCCC1. The van der Waals surface area contributed by atoms with E-state index in [1.165, 1.54) is 0 Å². The number of likely N-dealkylation sites (tertiary alicyclic amines) is 1. The molecule has 0 spiro atoms. The van der Waals surface area contributed by atoms with E-state index < -0.39 is 21.7 Å². The third-order valence-electron chi connectivity index (χ3n) is 2.68. The summed E-state index contributed by atoms with van der Waals surface area (Å²) < 4.78 is 24.8. The predicted octanol–water partition coefficient (Wildman–Crippen LogP) is -0.525. The van der Waals surface area contributed by atoms with Crippen molar-refractivity contribution in [3.63, 3.8) is 0 Å². The lowest BCUT2D eigenvalue weighted by atomic mass is 10.3. The van der Waals surface area contributed by atoms with Crippen molar-refractivity contribution in [3.05, 3.63) is 0 Å². The van der Waals surface area contributed by atoms with Crippen molar-refractivity contribution >= 4 is 16.0 Å². The minimum atomic E-state index is -3.68. The lowest BCUT2D eigenvalue weighted by Crippen LogP contribution is -2.42. The topological polar surface area (TPSA) is 86.7 Å². The second-order valence-electron chi connectivity index (χ2n) is 4.09. The van der Waals surface area contributed by atoms with Crippen molar-refractivity contribution in [2.45, 2.75) is 25.8 Å². The van der Waals surface area contributed by atoms with Crippen molar-refractivity contribution in [1.82, 2.24) is 9.62 Å². The number of aliphatic carboxylic acids is 1. The molecule has 7 heteroatoms. The number of carboxylic acid groups (broad SMARTS) is 1. The predicted molar refractivity (Wildman–Crippen MR) is 59.7 cm³/mol. The molecule has 1 saturated heterocycles. The number of nitrogens with one attached hydrogen (secondary N) is 1. The summed E-state index contributed by atoms with van der Waals surface area (Å²) in [6.45, 7) is 4.19. The van der Waals surface area contributed by atoms with E-state index >= 15 is 0 Å². The van der Waals surface area contributed by atoms with Gasteiger partial charge in [-0.15, -0.1) is 0 Å². The molecule has 1 aliphatic rings. The highest BCUT2D eigenvalue weighted by Gasteiger charge is 2.21. The highest BCUT2D eigenvalue weighted by Crippen LogP contribution is 2.10. The average molecular weight is 250 g/mol. The number of rotatable bonds is 6. The molecule has 6 nitrogen and oxygen atoms in total. The Hall–Kier alpha value is -0.660. The van der Waals surface area contributed by atoms with E-state index in [0.29, 0.717) is 0 Å². The lowest BCUT2D eigenvalue weighted by Gasteiger charge is -2.23. The molecule has 0 aromatic carbocycles. The van der Waals surface area contributed by atoms with Gasteiger partial charge in [0, 0.05) is 12.6 Å². The minimum absolute atomic E-state index is 0.117. The molecule has 0 aromatic rings. The molecule has 1 unspecified atom stereocenters. The van der Waals surface area contributed by atoms with Crippen LogP contribution in [0.15, 0.2) is 0 Å². The van der Waals surface area contributed by atoms with Crippen molar-refractivity contribution in [2.75, 3.05) is 25.4 Å². The van der Waals surface area contributed by atoms with Crippen molar-refractivity contribution in [3.8, 4) is 0 Å². The van der Waals surface area contributed by atoms with Crippen molar-refractivity contribution in [1.29, 1.82) is 0 Å².